The molecule has 1 aromatic rings. The van der Waals surface area contributed by atoms with Crippen LogP contribution in [0.4, 0.5) is 5.69 Å². The molecule has 8 nitrogen and oxygen atoms in total. The van der Waals surface area contributed by atoms with E-state index in [4.69, 9.17) is 20.5 Å². The molecule has 0 aromatic heterocycles. The van der Waals surface area contributed by atoms with Crippen LogP contribution < -0.4 is 4.74 Å². The molecule has 19 heavy (non-hydrogen) atoms. The number of non-ortho nitro benzene ring substituents is 1. The van der Waals surface area contributed by atoms with Crippen molar-refractivity contribution in [1.29, 1.82) is 0 Å². The van der Waals surface area contributed by atoms with Gasteiger partial charge in [0.05, 0.1) is 18.0 Å². The molecular formula is C9H8ClNO7S. The summed E-state index contributed by atoms with van der Waals surface area (Å²) in [5.41, 5.74) is -0.468. The number of aliphatic carboxylic acids is 1. The fraction of sp³-hybridized carbons (Fsp3) is 0.222. The topological polar surface area (TPSA) is 124 Å². The molecule has 0 radical (unpaired) electrons. The first-order valence-corrected chi connectivity index (χ1v) is 7.10. The number of carbonyl (C=O) groups is 1. The third kappa shape index (κ3) is 4.38. The number of nitro groups is 1. The molecule has 104 valence electrons. The lowest BCUT2D eigenvalue weighted by Crippen LogP contribution is -2.07. The van der Waals surface area contributed by atoms with Gasteiger partial charge in [-0.1, -0.05) is 0 Å². The predicted molar refractivity (Wildman–Crippen MR) is 63.9 cm³/mol. The van der Waals surface area contributed by atoms with Crippen LogP contribution >= 0.6 is 10.7 Å². The Morgan fingerprint density at radius 1 is 1.47 bits per heavy atom. The Labute approximate surface area is 112 Å². The SMILES string of the molecule is O=C(O)CCOc1ccc([N+](=O)[O-])cc1S(=O)(=O)Cl. The number of nitro benzene ring substituents is 1. The molecule has 0 heterocycles. The van der Waals surface area contributed by atoms with E-state index in [9.17, 15) is 23.3 Å². The number of rotatable bonds is 6. The van der Waals surface area contributed by atoms with Crippen molar-refractivity contribution < 1.29 is 28.0 Å². The lowest BCUT2D eigenvalue weighted by molar-refractivity contribution is -0.385. The highest BCUT2D eigenvalue weighted by Crippen LogP contribution is 2.30. The summed E-state index contributed by atoms with van der Waals surface area (Å²) < 4.78 is 27.5. The van der Waals surface area contributed by atoms with Gasteiger partial charge in [-0.15, -0.1) is 0 Å². The van der Waals surface area contributed by atoms with Crippen molar-refractivity contribution in [3.05, 3.63) is 28.3 Å². The fourth-order valence-corrected chi connectivity index (χ4v) is 2.16. The summed E-state index contributed by atoms with van der Waals surface area (Å²) in [6.45, 7) is -0.285. The molecule has 10 heteroatoms. The fourth-order valence-electron chi connectivity index (χ4n) is 1.17. The van der Waals surface area contributed by atoms with E-state index < -0.39 is 30.5 Å². The van der Waals surface area contributed by atoms with E-state index in [-0.39, 0.29) is 18.8 Å². The van der Waals surface area contributed by atoms with Crippen LogP contribution in [0.5, 0.6) is 5.75 Å². The van der Waals surface area contributed by atoms with Crippen LogP contribution in [0, 0.1) is 10.1 Å². The summed E-state index contributed by atoms with van der Waals surface area (Å²) in [6.07, 6.45) is -0.348. The van der Waals surface area contributed by atoms with Gasteiger partial charge in [-0.05, 0) is 6.07 Å². The lowest BCUT2D eigenvalue weighted by Gasteiger charge is -2.08. The summed E-state index contributed by atoms with van der Waals surface area (Å²) in [6, 6.07) is 2.83. The number of halogens is 1. The maximum atomic E-state index is 11.3. The Kier molecular flexibility index (Phi) is 4.67. The zero-order valence-electron chi connectivity index (χ0n) is 9.28. The summed E-state index contributed by atoms with van der Waals surface area (Å²) in [5, 5.41) is 19.0. The summed E-state index contributed by atoms with van der Waals surface area (Å²) in [4.78, 5) is 19.5. The van der Waals surface area contributed by atoms with Gasteiger partial charge in [0.15, 0.2) is 0 Å². The van der Waals surface area contributed by atoms with Crippen LogP contribution in [0.1, 0.15) is 6.42 Å². The molecule has 0 aliphatic carbocycles. The molecule has 0 spiro atoms. The van der Waals surface area contributed by atoms with Crippen molar-refractivity contribution in [1.82, 2.24) is 0 Å². The monoisotopic (exact) mass is 309 g/mol. The number of nitrogens with zero attached hydrogens (tertiary/aromatic N) is 1. The molecule has 0 aliphatic heterocycles. The van der Waals surface area contributed by atoms with Crippen molar-refractivity contribution in [2.75, 3.05) is 6.61 Å². The summed E-state index contributed by atoms with van der Waals surface area (Å²) >= 11 is 0. The van der Waals surface area contributed by atoms with Crippen LogP contribution in [-0.4, -0.2) is 31.0 Å². The molecule has 1 aromatic carbocycles. The first-order chi connectivity index (χ1) is 8.71. The van der Waals surface area contributed by atoms with E-state index in [1.165, 1.54) is 0 Å². The van der Waals surface area contributed by atoms with Crippen LogP contribution in [0.2, 0.25) is 0 Å². The smallest absolute Gasteiger partial charge is 0.306 e. The molecule has 0 unspecified atom stereocenters. The number of carboxylic acids is 1. The number of hydrogen-bond donors (Lipinski definition) is 1. The van der Waals surface area contributed by atoms with Crippen molar-refractivity contribution in [2.24, 2.45) is 0 Å². The normalized spacial score (nSPS) is 11.0. The minimum atomic E-state index is -4.24. The molecule has 1 rings (SSSR count). The second kappa shape index (κ2) is 5.85. The first-order valence-electron chi connectivity index (χ1n) is 4.79. The van der Waals surface area contributed by atoms with Gasteiger partial charge >= 0.3 is 5.97 Å². The van der Waals surface area contributed by atoms with Crippen LogP contribution in [-0.2, 0) is 13.8 Å². The third-order valence-electron chi connectivity index (χ3n) is 1.97. The average molecular weight is 310 g/mol. The number of hydrogen-bond acceptors (Lipinski definition) is 6. The molecule has 1 N–H and O–H groups in total. The largest absolute Gasteiger partial charge is 0.492 e. The average Bonchev–Trinajstić information content (AvgIpc) is 2.27. The Morgan fingerprint density at radius 2 is 2.11 bits per heavy atom. The third-order valence-corrected chi connectivity index (χ3v) is 3.32. The lowest BCUT2D eigenvalue weighted by atomic mass is 10.3. The van der Waals surface area contributed by atoms with Gasteiger partial charge in [-0.2, -0.15) is 0 Å². The maximum absolute atomic E-state index is 11.3. The zero-order chi connectivity index (χ0) is 14.6. The van der Waals surface area contributed by atoms with E-state index in [0.29, 0.717) is 0 Å². The van der Waals surface area contributed by atoms with Crippen molar-refractivity contribution in [3.8, 4) is 5.75 Å². The Balaban J connectivity index is 3.10. The van der Waals surface area contributed by atoms with Gasteiger partial charge in [-0.25, -0.2) is 8.42 Å². The van der Waals surface area contributed by atoms with E-state index in [1.54, 1.807) is 0 Å². The minimum absolute atomic E-state index is 0.234. The highest BCUT2D eigenvalue weighted by molar-refractivity contribution is 8.13. The number of benzene rings is 1. The van der Waals surface area contributed by atoms with E-state index in [2.05, 4.69) is 0 Å². The highest BCUT2D eigenvalue weighted by atomic mass is 35.7. The van der Waals surface area contributed by atoms with Gasteiger partial charge in [-0.3, -0.25) is 14.9 Å². The molecule has 0 bridgehead atoms. The van der Waals surface area contributed by atoms with Crippen molar-refractivity contribution in [2.45, 2.75) is 11.3 Å². The summed E-state index contributed by atoms with van der Waals surface area (Å²) in [5.74, 6) is -1.36. The Morgan fingerprint density at radius 3 is 2.58 bits per heavy atom. The van der Waals surface area contributed by atoms with Crippen LogP contribution in [0.15, 0.2) is 23.1 Å². The standard InChI is InChI=1S/C9H8ClNO7S/c10-19(16,17)8-5-6(11(14)15)1-2-7(8)18-4-3-9(12)13/h1-2,5H,3-4H2,(H,12,13). The van der Waals surface area contributed by atoms with Gasteiger partial charge in [0.2, 0.25) is 0 Å². The quantitative estimate of drug-likeness (QED) is 0.478. The second-order valence-corrected chi connectivity index (χ2v) is 5.85. The number of ether oxygens (including phenoxy) is 1. The summed E-state index contributed by atoms with van der Waals surface area (Å²) in [7, 11) is 0.890. The molecular weight excluding hydrogens is 302 g/mol. The van der Waals surface area contributed by atoms with Crippen molar-refractivity contribution in [3.63, 3.8) is 0 Å². The molecule has 0 saturated heterocycles. The first kappa shape index (κ1) is 15.2. The Bertz CT molecular complexity index is 613. The van der Waals surface area contributed by atoms with Crippen LogP contribution in [0.3, 0.4) is 0 Å². The maximum Gasteiger partial charge on any atom is 0.306 e. The van der Waals surface area contributed by atoms with Gasteiger partial charge in [0.25, 0.3) is 14.7 Å². The van der Waals surface area contributed by atoms with Gasteiger partial charge in [0, 0.05) is 22.8 Å². The molecule has 0 aliphatic rings. The van der Waals surface area contributed by atoms with Gasteiger partial charge < -0.3 is 9.84 Å². The Hall–Kier alpha value is -1.87. The minimum Gasteiger partial charge on any atom is -0.492 e. The van der Waals surface area contributed by atoms with Crippen molar-refractivity contribution >= 4 is 31.4 Å². The predicted octanol–water partition coefficient (Wildman–Crippen LogP) is 1.38. The molecule has 0 amide bonds. The van der Waals surface area contributed by atoms with E-state index in [1.807, 2.05) is 0 Å². The van der Waals surface area contributed by atoms with Crippen LogP contribution in [0.25, 0.3) is 0 Å². The van der Waals surface area contributed by atoms with E-state index in [0.717, 1.165) is 18.2 Å². The van der Waals surface area contributed by atoms with E-state index >= 15 is 0 Å². The molecule has 0 saturated carbocycles. The zero-order valence-corrected chi connectivity index (χ0v) is 10.8. The van der Waals surface area contributed by atoms with Gasteiger partial charge in [0.1, 0.15) is 10.6 Å². The second-order valence-electron chi connectivity index (χ2n) is 3.32. The molecule has 0 fully saturated rings. The highest BCUT2D eigenvalue weighted by Gasteiger charge is 2.21. The molecule has 0 atom stereocenters. The number of carboxylic acid groups (broad SMARTS) is 1.